The van der Waals surface area contributed by atoms with Gasteiger partial charge < -0.3 is 9.80 Å². The minimum atomic E-state index is -0.0570. The highest BCUT2D eigenvalue weighted by molar-refractivity contribution is 6.09. The Morgan fingerprint density at radius 3 is 2.61 bits per heavy atom. The summed E-state index contributed by atoms with van der Waals surface area (Å²) in [7, 11) is 1.96. The molecule has 4 heterocycles. The minimum Gasteiger partial charge on any atom is -0.358 e. The molecule has 2 aliphatic rings. The van der Waals surface area contributed by atoms with Crippen molar-refractivity contribution in [3.8, 4) is 5.69 Å². The zero-order valence-corrected chi connectivity index (χ0v) is 20.4. The molecule has 4 aromatic rings. The third-order valence-corrected chi connectivity index (χ3v) is 7.33. The van der Waals surface area contributed by atoms with Crippen LogP contribution in [0.4, 0.5) is 11.5 Å². The van der Waals surface area contributed by atoms with E-state index in [-0.39, 0.29) is 5.91 Å². The first kappa shape index (κ1) is 22.5. The number of fused-ring (bicyclic) bond motifs is 1. The third kappa shape index (κ3) is 4.37. The summed E-state index contributed by atoms with van der Waals surface area (Å²) in [5, 5.41) is 15.8. The molecule has 1 N–H and O–H groups in total. The van der Waals surface area contributed by atoms with Crippen LogP contribution in [0.5, 0.6) is 0 Å². The Balaban J connectivity index is 1.13. The summed E-state index contributed by atoms with van der Waals surface area (Å²) in [5.41, 5.74) is 4.70. The Bertz CT molecular complexity index is 1340. The number of hydrogen-bond acceptors (Lipinski definition) is 6. The number of carbonyl (C=O) groups excluding carboxylic acids is 1. The second-order valence-electron chi connectivity index (χ2n) is 9.65. The van der Waals surface area contributed by atoms with Gasteiger partial charge in [-0.3, -0.25) is 14.8 Å². The van der Waals surface area contributed by atoms with Crippen LogP contribution < -0.4 is 9.80 Å². The van der Waals surface area contributed by atoms with E-state index in [1.54, 1.807) is 15.8 Å². The fourth-order valence-corrected chi connectivity index (χ4v) is 5.26. The molecular weight excluding hydrogens is 452 g/mol. The summed E-state index contributed by atoms with van der Waals surface area (Å²) in [5.74, 6) is 1.34. The smallest absolute Gasteiger partial charge is 0.263 e. The van der Waals surface area contributed by atoms with Gasteiger partial charge >= 0.3 is 0 Å². The lowest BCUT2D eigenvalue weighted by Crippen LogP contribution is -2.34. The van der Waals surface area contributed by atoms with Gasteiger partial charge in [0.15, 0.2) is 0 Å². The second kappa shape index (κ2) is 9.58. The monoisotopic (exact) mass is 482 g/mol. The van der Waals surface area contributed by atoms with Crippen LogP contribution in [0.2, 0.25) is 0 Å². The first-order valence-electron chi connectivity index (χ1n) is 12.5. The number of likely N-dealkylation sites (N-methyl/N-ethyl adjacent to an activating group) is 1. The summed E-state index contributed by atoms with van der Waals surface area (Å²) >= 11 is 0. The number of piperidine rings is 1. The van der Waals surface area contributed by atoms with Crippen molar-refractivity contribution >= 4 is 17.4 Å². The minimum absolute atomic E-state index is 0.0570. The largest absolute Gasteiger partial charge is 0.358 e. The fraction of sp³-hybridized carbons (Fsp3) is 0.333. The number of hydrogen-bond donors (Lipinski definition) is 1. The van der Waals surface area contributed by atoms with Crippen LogP contribution in [-0.4, -0.2) is 69.2 Å². The first-order valence-corrected chi connectivity index (χ1v) is 12.5. The first-order chi connectivity index (χ1) is 17.7. The molecule has 9 heteroatoms. The van der Waals surface area contributed by atoms with Gasteiger partial charge in [-0.2, -0.15) is 5.10 Å². The molecule has 1 fully saturated rings. The molecule has 0 spiro atoms. The number of nitrogens with one attached hydrogen (secondary N) is 1. The summed E-state index contributed by atoms with van der Waals surface area (Å²) in [6.07, 6.45) is 5.92. The number of aromatic amines is 1. The molecule has 1 saturated heterocycles. The van der Waals surface area contributed by atoms with Gasteiger partial charge in [0.1, 0.15) is 11.4 Å². The van der Waals surface area contributed by atoms with Crippen molar-refractivity contribution in [3.63, 3.8) is 0 Å². The molecule has 2 aliphatic heterocycles. The Labute approximate surface area is 210 Å². The van der Waals surface area contributed by atoms with E-state index in [9.17, 15) is 4.79 Å². The molecule has 184 valence electrons. The Morgan fingerprint density at radius 2 is 1.78 bits per heavy atom. The van der Waals surface area contributed by atoms with Crippen LogP contribution in [0.1, 0.15) is 40.4 Å². The highest BCUT2D eigenvalue weighted by Gasteiger charge is 2.28. The summed E-state index contributed by atoms with van der Waals surface area (Å²) in [6, 6.07) is 18.7. The van der Waals surface area contributed by atoms with Crippen LogP contribution in [-0.2, 0) is 6.54 Å². The molecule has 2 aromatic carbocycles. The third-order valence-electron chi connectivity index (χ3n) is 7.33. The molecule has 6 rings (SSSR count). The highest BCUT2D eigenvalue weighted by atomic mass is 16.2. The molecule has 0 aliphatic carbocycles. The molecular formula is C27H30N8O. The number of amides is 1. The molecule has 0 atom stereocenters. The van der Waals surface area contributed by atoms with E-state index in [0.29, 0.717) is 24.6 Å². The van der Waals surface area contributed by atoms with Crippen LogP contribution in [0.25, 0.3) is 5.69 Å². The van der Waals surface area contributed by atoms with Gasteiger partial charge in [-0.15, -0.1) is 5.10 Å². The summed E-state index contributed by atoms with van der Waals surface area (Å²) < 4.78 is 1.80. The van der Waals surface area contributed by atoms with E-state index in [2.05, 4.69) is 55.7 Å². The van der Waals surface area contributed by atoms with Gasteiger partial charge in [-0.25, -0.2) is 4.68 Å². The number of anilines is 2. The average molecular weight is 483 g/mol. The molecule has 1 amide bonds. The van der Waals surface area contributed by atoms with Crippen molar-refractivity contribution in [2.45, 2.75) is 25.3 Å². The number of carbonyl (C=O) groups is 1. The predicted octanol–water partition coefficient (Wildman–Crippen LogP) is 3.47. The predicted molar refractivity (Wildman–Crippen MR) is 139 cm³/mol. The number of H-pyrrole nitrogens is 1. The molecule has 0 radical (unpaired) electrons. The Hall–Kier alpha value is -3.98. The number of likely N-dealkylation sites (tertiary alicyclic amines) is 1. The molecule has 0 unspecified atom stereocenters. The topological polar surface area (TPSA) is 86.2 Å². The number of rotatable bonds is 5. The molecule has 0 saturated carbocycles. The van der Waals surface area contributed by atoms with Crippen LogP contribution in [0.3, 0.4) is 0 Å². The van der Waals surface area contributed by atoms with Gasteiger partial charge in [0.2, 0.25) is 0 Å². The fourth-order valence-electron chi connectivity index (χ4n) is 5.26. The molecule has 0 bridgehead atoms. The number of benzene rings is 2. The van der Waals surface area contributed by atoms with Crippen molar-refractivity contribution in [1.82, 2.24) is 30.1 Å². The maximum atomic E-state index is 13.2. The van der Waals surface area contributed by atoms with Crippen LogP contribution in [0, 0.1) is 0 Å². The van der Waals surface area contributed by atoms with Crippen molar-refractivity contribution in [2.24, 2.45) is 0 Å². The van der Waals surface area contributed by atoms with Gasteiger partial charge in [-0.1, -0.05) is 41.6 Å². The zero-order valence-electron chi connectivity index (χ0n) is 20.4. The van der Waals surface area contributed by atoms with E-state index >= 15 is 0 Å². The maximum absolute atomic E-state index is 13.2. The quantitative estimate of drug-likeness (QED) is 0.469. The maximum Gasteiger partial charge on any atom is 0.263 e. The zero-order chi connectivity index (χ0) is 24.5. The van der Waals surface area contributed by atoms with Crippen molar-refractivity contribution in [2.75, 3.05) is 43.0 Å². The van der Waals surface area contributed by atoms with E-state index in [1.165, 1.54) is 5.56 Å². The second-order valence-corrected chi connectivity index (χ2v) is 9.65. The molecule has 9 nitrogen and oxygen atoms in total. The lowest BCUT2D eigenvalue weighted by Gasteiger charge is -2.31. The van der Waals surface area contributed by atoms with Gasteiger partial charge in [0.05, 0.1) is 23.8 Å². The lowest BCUT2D eigenvalue weighted by molar-refractivity contribution is 0.0990. The Kier molecular flexibility index (Phi) is 5.98. The van der Waals surface area contributed by atoms with Crippen molar-refractivity contribution < 1.29 is 4.79 Å². The van der Waals surface area contributed by atoms with Gasteiger partial charge in [0, 0.05) is 32.4 Å². The van der Waals surface area contributed by atoms with E-state index in [4.69, 9.17) is 0 Å². The Morgan fingerprint density at radius 1 is 0.972 bits per heavy atom. The van der Waals surface area contributed by atoms with Crippen molar-refractivity contribution in [1.29, 1.82) is 0 Å². The van der Waals surface area contributed by atoms with Gasteiger partial charge in [0.25, 0.3) is 5.91 Å². The van der Waals surface area contributed by atoms with E-state index in [1.807, 2.05) is 42.4 Å². The van der Waals surface area contributed by atoms with Crippen LogP contribution >= 0.6 is 0 Å². The summed E-state index contributed by atoms with van der Waals surface area (Å²) in [6.45, 7) is 4.21. The number of aromatic nitrogens is 5. The summed E-state index contributed by atoms with van der Waals surface area (Å²) in [4.78, 5) is 19.5. The number of nitrogens with zero attached hydrogens (tertiary/aromatic N) is 7. The van der Waals surface area contributed by atoms with Gasteiger partial charge in [-0.05, 0) is 55.6 Å². The standard InChI is InChI=1S/C27H30N8O/c1-32-14-15-34(27(36)25-17-28-30-26(25)32)23-8-5-9-24(16-23)35-19-22(29-31-35)18-33-12-10-21(11-13-33)20-6-3-2-4-7-20/h2-9,16-17,19,21H,10-15,18H2,1H3,(H,28,30). The van der Waals surface area contributed by atoms with Crippen molar-refractivity contribution in [3.05, 3.63) is 83.8 Å². The SMILES string of the molecule is CN1CCN(c2cccc(-n3cc(CN4CCC(c5ccccc5)CC4)nn3)c2)C(=O)c2cn[nH]c21. The van der Waals surface area contributed by atoms with Crippen LogP contribution in [0.15, 0.2) is 67.0 Å². The van der Waals surface area contributed by atoms with E-state index in [0.717, 1.165) is 55.4 Å². The highest BCUT2D eigenvalue weighted by Crippen LogP contribution is 2.29. The molecule has 2 aromatic heterocycles. The molecule has 36 heavy (non-hydrogen) atoms. The van der Waals surface area contributed by atoms with E-state index < -0.39 is 0 Å². The normalized spacial score (nSPS) is 17.3. The lowest BCUT2D eigenvalue weighted by atomic mass is 9.89. The average Bonchev–Trinajstić information content (AvgIpc) is 3.58.